The van der Waals surface area contributed by atoms with E-state index in [1.807, 2.05) is 6.92 Å². The van der Waals surface area contributed by atoms with Crippen LogP contribution in [0.25, 0.3) is 0 Å². The van der Waals surface area contributed by atoms with Gasteiger partial charge in [0, 0.05) is 18.5 Å². The molecule has 14 heavy (non-hydrogen) atoms. The molecule has 0 saturated heterocycles. The second-order valence-electron chi connectivity index (χ2n) is 3.91. The Hall–Kier alpha value is -0.900. The highest BCUT2D eigenvalue weighted by molar-refractivity contribution is 5.03. The Bertz CT molecular complexity index is 286. The van der Waals surface area contributed by atoms with Crippen LogP contribution in [0.2, 0.25) is 0 Å². The van der Waals surface area contributed by atoms with Crippen LogP contribution >= 0.6 is 0 Å². The van der Waals surface area contributed by atoms with Crippen molar-refractivity contribution in [3.63, 3.8) is 0 Å². The van der Waals surface area contributed by atoms with Gasteiger partial charge < -0.3 is 10.3 Å². The largest absolute Gasteiger partial charge is 0.330 e. The van der Waals surface area contributed by atoms with E-state index in [0.717, 1.165) is 18.1 Å². The Labute approximate surface area is 85.5 Å². The van der Waals surface area contributed by atoms with E-state index in [0.29, 0.717) is 18.5 Å². The molecule has 0 fully saturated rings. The summed E-state index contributed by atoms with van der Waals surface area (Å²) in [6.07, 6.45) is 1.02. The molecule has 0 bridgehead atoms. The van der Waals surface area contributed by atoms with E-state index in [1.165, 1.54) is 0 Å². The minimum absolute atomic E-state index is 0.332. The Morgan fingerprint density at radius 2 is 2.00 bits per heavy atom. The Balaban J connectivity index is 3.07. The number of hydrogen-bond acceptors (Lipinski definition) is 3. The number of aryl methyl sites for hydroxylation is 1. The van der Waals surface area contributed by atoms with Gasteiger partial charge in [0.2, 0.25) is 0 Å². The second kappa shape index (κ2) is 4.55. The van der Waals surface area contributed by atoms with Gasteiger partial charge in [-0.1, -0.05) is 6.92 Å². The van der Waals surface area contributed by atoms with Gasteiger partial charge in [-0.25, -0.2) is 0 Å². The molecule has 0 aromatic carbocycles. The zero-order chi connectivity index (χ0) is 10.7. The van der Waals surface area contributed by atoms with Crippen molar-refractivity contribution in [3.8, 4) is 0 Å². The maximum absolute atomic E-state index is 5.71. The van der Waals surface area contributed by atoms with E-state index in [-0.39, 0.29) is 0 Å². The van der Waals surface area contributed by atoms with Crippen LogP contribution in [0.3, 0.4) is 0 Å². The lowest BCUT2D eigenvalue weighted by Gasteiger charge is -2.17. The van der Waals surface area contributed by atoms with Crippen molar-refractivity contribution in [3.05, 3.63) is 11.6 Å². The lowest BCUT2D eigenvalue weighted by Crippen LogP contribution is -2.18. The average molecular weight is 196 g/mol. The summed E-state index contributed by atoms with van der Waals surface area (Å²) in [4.78, 5) is 0. The maximum Gasteiger partial charge on any atom is 0.137 e. The van der Waals surface area contributed by atoms with E-state index in [1.54, 1.807) is 0 Å². The van der Waals surface area contributed by atoms with Gasteiger partial charge in [-0.3, -0.25) is 0 Å². The van der Waals surface area contributed by atoms with Crippen molar-refractivity contribution in [2.24, 2.45) is 5.73 Å². The molecule has 1 aromatic heterocycles. The topological polar surface area (TPSA) is 56.7 Å². The zero-order valence-electron chi connectivity index (χ0n) is 9.49. The van der Waals surface area contributed by atoms with Crippen LogP contribution in [0.15, 0.2) is 0 Å². The third kappa shape index (κ3) is 1.95. The first-order valence-corrected chi connectivity index (χ1v) is 5.23. The fourth-order valence-corrected chi connectivity index (χ4v) is 1.76. The van der Waals surface area contributed by atoms with Gasteiger partial charge in [0.25, 0.3) is 0 Å². The van der Waals surface area contributed by atoms with E-state index < -0.39 is 0 Å². The molecule has 0 radical (unpaired) electrons. The smallest absolute Gasteiger partial charge is 0.137 e. The normalized spacial score (nSPS) is 13.6. The summed E-state index contributed by atoms with van der Waals surface area (Å²) in [5.41, 5.74) is 5.71. The van der Waals surface area contributed by atoms with Crippen LogP contribution < -0.4 is 5.73 Å². The van der Waals surface area contributed by atoms with Crippen molar-refractivity contribution >= 4 is 0 Å². The minimum Gasteiger partial charge on any atom is -0.330 e. The third-order valence-electron chi connectivity index (χ3n) is 2.55. The van der Waals surface area contributed by atoms with Crippen LogP contribution in [0.1, 0.15) is 50.8 Å². The maximum atomic E-state index is 5.71. The first-order chi connectivity index (χ1) is 6.61. The van der Waals surface area contributed by atoms with Gasteiger partial charge in [0.15, 0.2) is 0 Å². The van der Waals surface area contributed by atoms with E-state index in [4.69, 9.17) is 5.73 Å². The van der Waals surface area contributed by atoms with Gasteiger partial charge in [-0.05, 0) is 27.2 Å². The molecular formula is C10H20N4. The van der Waals surface area contributed by atoms with Crippen molar-refractivity contribution in [1.29, 1.82) is 0 Å². The summed E-state index contributed by atoms with van der Waals surface area (Å²) in [6, 6.07) is 0.403. The molecule has 1 heterocycles. The average Bonchev–Trinajstić information content (AvgIpc) is 2.50. The zero-order valence-corrected chi connectivity index (χ0v) is 9.49. The highest BCUT2D eigenvalue weighted by Crippen LogP contribution is 2.20. The first kappa shape index (κ1) is 11.2. The van der Waals surface area contributed by atoms with Crippen LogP contribution in [0.5, 0.6) is 0 Å². The van der Waals surface area contributed by atoms with Crippen LogP contribution in [-0.2, 0) is 0 Å². The molecule has 2 N–H and O–H groups in total. The molecule has 80 valence electrons. The summed E-state index contributed by atoms with van der Waals surface area (Å²) in [5, 5.41) is 8.32. The number of hydrogen-bond donors (Lipinski definition) is 1. The summed E-state index contributed by atoms with van der Waals surface area (Å²) in [7, 11) is 0. The molecule has 1 rings (SSSR count). The highest BCUT2D eigenvalue weighted by Gasteiger charge is 2.18. The molecule has 4 heteroatoms. The minimum atomic E-state index is 0.332. The molecule has 1 unspecified atom stereocenters. The number of nitrogens with zero attached hydrogens (tertiary/aromatic N) is 3. The van der Waals surface area contributed by atoms with Crippen LogP contribution in [0, 0.1) is 6.92 Å². The van der Waals surface area contributed by atoms with Gasteiger partial charge in [0.1, 0.15) is 11.6 Å². The fraction of sp³-hybridized carbons (Fsp3) is 0.800. The fourth-order valence-electron chi connectivity index (χ4n) is 1.76. The Morgan fingerprint density at radius 3 is 2.43 bits per heavy atom. The SMILES string of the molecule is CCC(CN)c1nnc(C)n1C(C)C. The van der Waals surface area contributed by atoms with E-state index >= 15 is 0 Å². The summed E-state index contributed by atoms with van der Waals surface area (Å²) in [6.45, 7) is 9.04. The summed E-state index contributed by atoms with van der Waals surface area (Å²) >= 11 is 0. The predicted octanol–water partition coefficient (Wildman–Crippen LogP) is 1.62. The molecule has 0 spiro atoms. The molecule has 0 amide bonds. The monoisotopic (exact) mass is 196 g/mol. The van der Waals surface area contributed by atoms with Crippen LogP contribution in [0.4, 0.5) is 0 Å². The van der Waals surface area contributed by atoms with Crippen molar-refractivity contribution < 1.29 is 0 Å². The molecule has 1 aromatic rings. The third-order valence-corrected chi connectivity index (χ3v) is 2.55. The molecule has 1 atom stereocenters. The quantitative estimate of drug-likeness (QED) is 0.796. The molecule has 0 saturated carbocycles. The Morgan fingerprint density at radius 1 is 1.36 bits per heavy atom. The summed E-state index contributed by atoms with van der Waals surface area (Å²) in [5.74, 6) is 2.34. The molecule has 0 aliphatic carbocycles. The lowest BCUT2D eigenvalue weighted by atomic mass is 10.1. The van der Waals surface area contributed by atoms with Gasteiger partial charge in [0.05, 0.1) is 0 Å². The Kier molecular flexibility index (Phi) is 3.63. The number of aromatic nitrogens is 3. The van der Waals surface area contributed by atoms with E-state index in [2.05, 4.69) is 35.5 Å². The van der Waals surface area contributed by atoms with Crippen LogP contribution in [-0.4, -0.2) is 21.3 Å². The molecule has 4 nitrogen and oxygen atoms in total. The lowest BCUT2D eigenvalue weighted by molar-refractivity contribution is 0.511. The highest BCUT2D eigenvalue weighted by atomic mass is 15.3. The van der Waals surface area contributed by atoms with Gasteiger partial charge in [-0.15, -0.1) is 10.2 Å². The van der Waals surface area contributed by atoms with Crippen molar-refractivity contribution in [1.82, 2.24) is 14.8 Å². The van der Waals surface area contributed by atoms with Gasteiger partial charge in [-0.2, -0.15) is 0 Å². The molecule has 0 aliphatic rings. The molecular weight excluding hydrogens is 176 g/mol. The van der Waals surface area contributed by atoms with Crippen molar-refractivity contribution in [2.45, 2.75) is 46.1 Å². The number of rotatable bonds is 4. The standard InChI is InChI=1S/C10H20N4/c1-5-9(6-11)10-13-12-8(4)14(10)7(2)3/h7,9H,5-6,11H2,1-4H3. The summed E-state index contributed by atoms with van der Waals surface area (Å²) < 4.78 is 2.17. The van der Waals surface area contributed by atoms with Crippen molar-refractivity contribution in [2.75, 3.05) is 6.54 Å². The van der Waals surface area contributed by atoms with E-state index in [9.17, 15) is 0 Å². The first-order valence-electron chi connectivity index (χ1n) is 5.23. The second-order valence-corrected chi connectivity index (χ2v) is 3.91. The van der Waals surface area contributed by atoms with Gasteiger partial charge >= 0.3 is 0 Å². The number of nitrogens with two attached hydrogens (primary N) is 1. The molecule has 0 aliphatic heterocycles. The predicted molar refractivity (Wildman–Crippen MR) is 57.2 cm³/mol.